The number of nitrogens with two attached hydrogens (primary N) is 1. The summed E-state index contributed by atoms with van der Waals surface area (Å²) in [7, 11) is 0. The van der Waals surface area contributed by atoms with Crippen LogP contribution in [0.15, 0.2) is 0 Å². The molecule has 0 amide bonds. The largest absolute Gasteiger partial charge is 0.528 e. The highest BCUT2D eigenvalue weighted by Crippen LogP contribution is 2.32. The fourth-order valence-corrected chi connectivity index (χ4v) is 1.45. The second-order valence-corrected chi connectivity index (χ2v) is 3.13. The van der Waals surface area contributed by atoms with Crippen LogP contribution in [0.4, 0.5) is 4.79 Å². The molecule has 1 aliphatic carbocycles. The van der Waals surface area contributed by atoms with Gasteiger partial charge >= 0.3 is 6.16 Å². The minimum Gasteiger partial charge on any atom is -0.427 e. The lowest BCUT2D eigenvalue weighted by Gasteiger charge is -2.22. The molecule has 11 heavy (non-hydrogen) atoms. The van der Waals surface area contributed by atoms with Crippen molar-refractivity contribution in [2.24, 2.45) is 5.90 Å². The second-order valence-electron chi connectivity index (χ2n) is 3.13. The molecule has 2 N–H and O–H groups in total. The number of carbonyl (C=O) groups excluding carboxylic acids is 1. The van der Waals surface area contributed by atoms with E-state index in [9.17, 15) is 4.79 Å². The molecule has 0 bridgehead atoms. The van der Waals surface area contributed by atoms with E-state index in [1.54, 1.807) is 0 Å². The molecule has 4 nitrogen and oxygen atoms in total. The second kappa shape index (κ2) is 3.09. The minimum absolute atomic E-state index is 0.337. The van der Waals surface area contributed by atoms with Crippen LogP contribution in [0.3, 0.4) is 0 Å². The summed E-state index contributed by atoms with van der Waals surface area (Å²) in [6, 6.07) is 0. The van der Waals surface area contributed by atoms with Gasteiger partial charge in [0.2, 0.25) is 0 Å². The number of hydrogen-bond donors (Lipinski definition) is 1. The Hall–Kier alpha value is -0.770. The smallest absolute Gasteiger partial charge is 0.427 e. The van der Waals surface area contributed by atoms with E-state index in [1.165, 1.54) is 0 Å². The van der Waals surface area contributed by atoms with Crippen molar-refractivity contribution in [3.05, 3.63) is 0 Å². The Morgan fingerprint density at radius 1 is 1.45 bits per heavy atom. The average molecular weight is 159 g/mol. The maximum Gasteiger partial charge on any atom is 0.528 e. The van der Waals surface area contributed by atoms with Gasteiger partial charge in [-0.15, -0.1) is 0 Å². The molecule has 0 aliphatic heterocycles. The van der Waals surface area contributed by atoms with Gasteiger partial charge in [-0.3, -0.25) is 0 Å². The summed E-state index contributed by atoms with van der Waals surface area (Å²) < 4.78 is 4.96. The molecule has 64 valence electrons. The fraction of sp³-hybridized carbons (Fsp3) is 0.857. The van der Waals surface area contributed by atoms with E-state index in [0.717, 1.165) is 25.7 Å². The van der Waals surface area contributed by atoms with E-state index >= 15 is 0 Å². The molecule has 0 spiro atoms. The summed E-state index contributed by atoms with van der Waals surface area (Å²) in [5.74, 6) is 4.63. The quantitative estimate of drug-likeness (QED) is 0.463. The van der Waals surface area contributed by atoms with Gasteiger partial charge in [0.1, 0.15) is 5.60 Å². The number of carbonyl (C=O) groups is 1. The molecule has 0 atom stereocenters. The van der Waals surface area contributed by atoms with Gasteiger partial charge in [-0.1, -0.05) is 0 Å². The van der Waals surface area contributed by atoms with Crippen molar-refractivity contribution in [3.63, 3.8) is 0 Å². The third-order valence-corrected chi connectivity index (χ3v) is 2.09. The van der Waals surface area contributed by atoms with E-state index in [1.807, 2.05) is 6.92 Å². The lowest BCUT2D eigenvalue weighted by atomic mass is 10.1. The summed E-state index contributed by atoms with van der Waals surface area (Å²) >= 11 is 0. The third-order valence-electron chi connectivity index (χ3n) is 2.09. The maximum atomic E-state index is 10.6. The Bertz CT molecular complexity index is 152. The van der Waals surface area contributed by atoms with Crippen LogP contribution in [0, 0.1) is 0 Å². The van der Waals surface area contributed by atoms with Crippen LogP contribution < -0.4 is 5.90 Å². The van der Waals surface area contributed by atoms with Crippen molar-refractivity contribution >= 4 is 6.16 Å². The molecule has 0 unspecified atom stereocenters. The lowest BCUT2D eigenvalue weighted by Crippen LogP contribution is -2.29. The zero-order chi connectivity index (χ0) is 8.32. The molecule has 0 aromatic rings. The van der Waals surface area contributed by atoms with Crippen LogP contribution in [0.1, 0.15) is 32.6 Å². The molecule has 0 heterocycles. The Morgan fingerprint density at radius 3 is 2.45 bits per heavy atom. The molecule has 0 aromatic carbocycles. The zero-order valence-electron chi connectivity index (χ0n) is 6.63. The first-order valence-corrected chi connectivity index (χ1v) is 3.76. The highest BCUT2D eigenvalue weighted by molar-refractivity contribution is 5.60. The van der Waals surface area contributed by atoms with Gasteiger partial charge < -0.3 is 9.57 Å². The molecule has 1 rings (SSSR count). The first-order valence-electron chi connectivity index (χ1n) is 3.76. The van der Waals surface area contributed by atoms with Gasteiger partial charge in [0, 0.05) is 0 Å². The normalized spacial score (nSPS) is 21.3. The van der Waals surface area contributed by atoms with Crippen molar-refractivity contribution in [2.75, 3.05) is 0 Å². The molecule has 4 heteroatoms. The van der Waals surface area contributed by atoms with Crippen molar-refractivity contribution in [1.82, 2.24) is 0 Å². The van der Waals surface area contributed by atoms with Gasteiger partial charge in [-0.2, -0.15) is 5.90 Å². The van der Waals surface area contributed by atoms with Gasteiger partial charge in [-0.05, 0) is 32.6 Å². The number of hydrogen-bond acceptors (Lipinski definition) is 4. The van der Waals surface area contributed by atoms with Crippen LogP contribution in [0.2, 0.25) is 0 Å². The highest BCUT2D eigenvalue weighted by atomic mass is 16.8. The number of ether oxygens (including phenoxy) is 1. The van der Waals surface area contributed by atoms with E-state index in [4.69, 9.17) is 4.74 Å². The Morgan fingerprint density at radius 2 is 2.00 bits per heavy atom. The van der Waals surface area contributed by atoms with Gasteiger partial charge in [0.05, 0.1) is 0 Å². The van der Waals surface area contributed by atoms with Crippen molar-refractivity contribution in [2.45, 2.75) is 38.2 Å². The molecule has 0 saturated heterocycles. The molecule has 1 saturated carbocycles. The third kappa shape index (κ3) is 2.08. The standard InChI is InChI=1S/C7H13NO3/c1-7(4-2-3-5-7)10-6(9)11-8/h2-5,8H2,1H3. The van der Waals surface area contributed by atoms with Crippen molar-refractivity contribution in [3.8, 4) is 0 Å². The predicted molar refractivity (Wildman–Crippen MR) is 38.6 cm³/mol. The Kier molecular flexibility index (Phi) is 2.34. The first kappa shape index (κ1) is 8.33. The number of rotatable bonds is 1. The highest BCUT2D eigenvalue weighted by Gasteiger charge is 2.33. The first-order chi connectivity index (χ1) is 5.16. The minimum atomic E-state index is -0.783. The molecular weight excluding hydrogens is 146 g/mol. The SMILES string of the molecule is CC1(OC(=O)ON)CCCC1. The fourth-order valence-electron chi connectivity index (χ4n) is 1.45. The Labute approximate surface area is 65.6 Å². The summed E-state index contributed by atoms with van der Waals surface area (Å²) in [6.45, 7) is 1.90. The van der Waals surface area contributed by atoms with E-state index < -0.39 is 6.16 Å². The van der Waals surface area contributed by atoms with Crippen LogP contribution in [0.5, 0.6) is 0 Å². The van der Waals surface area contributed by atoms with Crippen LogP contribution >= 0.6 is 0 Å². The summed E-state index contributed by atoms with van der Waals surface area (Å²) in [4.78, 5) is 14.5. The van der Waals surface area contributed by atoms with Gasteiger partial charge in [0.25, 0.3) is 0 Å². The summed E-state index contributed by atoms with van der Waals surface area (Å²) in [5, 5.41) is 0. The van der Waals surface area contributed by atoms with Crippen molar-refractivity contribution in [1.29, 1.82) is 0 Å². The lowest BCUT2D eigenvalue weighted by molar-refractivity contribution is -0.0227. The Balaban J connectivity index is 2.39. The van der Waals surface area contributed by atoms with Gasteiger partial charge in [-0.25, -0.2) is 4.79 Å². The predicted octanol–water partition coefficient (Wildman–Crippen LogP) is 1.35. The van der Waals surface area contributed by atoms with Crippen LogP contribution in [0.25, 0.3) is 0 Å². The monoisotopic (exact) mass is 159 g/mol. The molecule has 1 fully saturated rings. The summed E-state index contributed by atoms with van der Waals surface area (Å²) in [6.07, 6.45) is 3.24. The van der Waals surface area contributed by atoms with Crippen LogP contribution in [-0.4, -0.2) is 11.8 Å². The molecule has 0 radical (unpaired) electrons. The van der Waals surface area contributed by atoms with Gasteiger partial charge in [0.15, 0.2) is 0 Å². The van der Waals surface area contributed by atoms with E-state index in [0.29, 0.717) is 0 Å². The average Bonchev–Trinajstić information content (AvgIpc) is 2.36. The van der Waals surface area contributed by atoms with Crippen LogP contribution in [-0.2, 0) is 9.57 Å². The van der Waals surface area contributed by atoms with E-state index in [-0.39, 0.29) is 5.60 Å². The van der Waals surface area contributed by atoms with E-state index in [2.05, 4.69) is 10.7 Å². The van der Waals surface area contributed by atoms with Crippen molar-refractivity contribution < 1.29 is 14.4 Å². The zero-order valence-corrected chi connectivity index (χ0v) is 6.63. The molecule has 0 aromatic heterocycles. The molecular formula is C7H13NO3. The summed E-state index contributed by atoms with van der Waals surface area (Å²) in [5.41, 5.74) is -0.337. The molecule has 1 aliphatic rings. The maximum absolute atomic E-state index is 10.6. The topological polar surface area (TPSA) is 61.5 Å².